The van der Waals surface area contributed by atoms with E-state index in [1.165, 1.54) is 7.11 Å². The lowest BCUT2D eigenvalue weighted by atomic mass is 10.2. The Morgan fingerprint density at radius 3 is 2.96 bits per heavy atom. The van der Waals surface area contributed by atoms with Crippen LogP contribution in [0.25, 0.3) is 10.9 Å². The van der Waals surface area contributed by atoms with Crippen molar-refractivity contribution in [1.82, 2.24) is 9.47 Å². The van der Waals surface area contributed by atoms with Gasteiger partial charge in [-0.15, -0.1) is 0 Å². The first-order valence-electron chi connectivity index (χ1n) is 8.46. The standard InChI is InChI=1S/C18H23N3O4/c1-3-7-20-8-6-13-4-5-14(11-15(13)20)19-18(23)21-9-10-25-16(12-21)17(22)24-2/h4-6,8,11,16H,3,7,9-10,12H2,1-2H3,(H,19,23)/t16-/m0/s1. The molecule has 25 heavy (non-hydrogen) atoms. The number of hydrogen-bond acceptors (Lipinski definition) is 4. The Hall–Kier alpha value is -2.54. The molecule has 1 saturated heterocycles. The van der Waals surface area contributed by atoms with Crippen molar-refractivity contribution in [1.29, 1.82) is 0 Å². The van der Waals surface area contributed by atoms with Crippen molar-refractivity contribution in [3.05, 3.63) is 30.5 Å². The van der Waals surface area contributed by atoms with Gasteiger partial charge in [-0.3, -0.25) is 0 Å². The van der Waals surface area contributed by atoms with E-state index in [0.717, 1.165) is 29.6 Å². The van der Waals surface area contributed by atoms with Crippen LogP contribution in [0.2, 0.25) is 0 Å². The molecule has 0 aliphatic carbocycles. The second-order valence-corrected chi connectivity index (χ2v) is 6.04. The quantitative estimate of drug-likeness (QED) is 0.864. The Balaban J connectivity index is 1.71. The summed E-state index contributed by atoms with van der Waals surface area (Å²) in [6, 6.07) is 7.67. The van der Waals surface area contributed by atoms with E-state index in [4.69, 9.17) is 4.74 Å². The van der Waals surface area contributed by atoms with Gasteiger partial charge in [0.25, 0.3) is 0 Å². The summed E-state index contributed by atoms with van der Waals surface area (Å²) in [5, 5.41) is 4.05. The van der Waals surface area contributed by atoms with Gasteiger partial charge < -0.3 is 24.3 Å². The molecule has 0 saturated carbocycles. The molecule has 1 N–H and O–H groups in total. The number of hydrogen-bond donors (Lipinski definition) is 1. The highest BCUT2D eigenvalue weighted by Gasteiger charge is 2.30. The van der Waals surface area contributed by atoms with Crippen molar-refractivity contribution in [2.75, 3.05) is 32.1 Å². The number of esters is 1. The first-order chi connectivity index (χ1) is 12.1. The number of aromatic nitrogens is 1. The zero-order valence-corrected chi connectivity index (χ0v) is 14.5. The highest BCUT2D eigenvalue weighted by Crippen LogP contribution is 2.21. The largest absolute Gasteiger partial charge is 0.467 e. The molecular formula is C18H23N3O4. The predicted molar refractivity (Wildman–Crippen MR) is 94.6 cm³/mol. The lowest BCUT2D eigenvalue weighted by Crippen LogP contribution is -2.50. The molecule has 2 amide bonds. The molecular weight excluding hydrogens is 322 g/mol. The maximum atomic E-state index is 12.5. The van der Waals surface area contributed by atoms with E-state index >= 15 is 0 Å². The molecule has 1 aliphatic rings. The number of urea groups is 1. The van der Waals surface area contributed by atoms with Gasteiger partial charge in [0.15, 0.2) is 6.10 Å². The molecule has 0 spiro atoms. The summed E-state index contributed by atoms with van der Waals surface area (Å²) in [5.41, 5.74) is 1.82. The molecule has 7 nitrogen and oxygen atoms in total. The lowest BCUT2D eigenvalue weighted by Gasteiger charge is -2.31. The van der Waals surface area contributed by atoms with Gasteiger partial charge in [0, 0.05) is 25.0 Å². The fraction of sp³-hybridized carbons (Fsp3) is 0.444. The van der Waals surface area contributed by atoms with E-state index in [0.29, 0.717) is 13.2 Å². The van der Waals surface area contributed by atoms with Crippen molar-refractivity contribution in [3.63, 3.8) is 0 Å². The SMILES string of the molecule is CCCn1ccc2ccc(NC(=O)N3CCO[C@H](C(=O)OC)C3)cc21. The number of morpholine rings is 1. The zero-order valence-electron chi connectivity index (χ0n) is 14.5. The van der Waals surface area contributed by atoms with Crippen LogP contribution in [-0.4, -0.2) is 54.4 Å². The van der Waals surface area contributed by atoms with Crippen LogP contribution in [0.1, 0.15) is 13.3 Å². The van der Waals surface area contributed by atoms with Gasteiger partial charge in [0.1, 0.15) is 0 Å². The van der Waals surface area contributed by atoms with Crippen molar-refractivity contribution < 1.29 is 19.1 Å². The summed E-state index contributed by atoms with van der Waals surface area (Å²) >= 11 is 0. The van der Waals surface area contributed by atoms with Crippen LogP contribution in [0.4, 0.5) is 10.5 Å². The summed E-state index contributed by atoms with van der Waals surface area (Å²) in [4.78, 5) is 25.7. The van der Waals surface area contributed by atoms with Crippen LogP contribution in [0.5, 0.6) is 0 Å². The second-order valence-electron chi connectivity index (χ2n) is 6.04. The lowest BCUT2D eigenvalue weighted by molar-refractivity contribution is -0.158. The van der Waals surface area contributed by atoms with E-state index in [9.17, 15) is 9.59 Å². The van der Waals surface area contributed by atoms with Gasteiger partial charge in [-0.25, -0.2) is 9.59 Å². The van der Waals surface area contributed by atoms with Gasteiger partial charge in [-0.2, -0.15) is 0 Å². The van der Waals surface area contributed by atoms with Crippen LogP contribution >= 0.6 is 0 Å². The van der Waals surface area contributed by atoms with E-state index in [1.54, 1.807) is 4.90 Å². The number of nitrogens with one attached hydrogen (secondary N) is 1. The van der Waals surface area contributed by atoms with Crippen LogP contribution in [0.3, 0.4) is 0 Å². The number of carbonyl (C=O) groups is 2. The number of anilines is 1. The van der Waals surface area contributed by atoms with Crippen molar-refractivity contribution in [3.8, 4) is 0 Å². The minimum absolute atomic E-state index is 0.187. The molecule has 0 radical (unpaired) electrons. The summed E-state index contributed by atoms with van der Waals surface area (Å²) in [6.45, 7) is 4.01. The fourth-order valence-electron chi connectivity index (χ4n) is 3.01. The fourth-order valence-corrected chi connectivity index (χ4v) is 3.01. The zero-order chi connectivity index (χ0) is 17.8. The first kappa shape index (κ1) is 17.3. The van der Waals surface area contributed by atoms with E-state index in [2.05, 4.69) is 33.8 Å². The molecule has 134 valence electrons. The summed E-state index contributed by atoms with van der Waals surface area (Å²) in [7, 11) is 1.31. The summed E-state index contributed by atoms with van der Waals surface area (Å²) in [5.74, 6) is -0.462. The van der Waals surface area contributed by atoms with Crippen molar-refractivity contribution >= 4 is 28.6 Å². The highest BCUT2D eigenvalue weighted by atomic mass is 16.6. The monoisotopic (exact) mass is 345 g/mol. The Morgan fingerprint density at radius 1 is 1.36 bits per heavy atom. The third kappa shape index (κ3) is 3.76. The number of benzene rings is 1. The van der Waals surface area contributed by atoms with E-state index in [-0.39, 0.29) is 12.6 Å². The van der Waals surface area contributed by atoms with E-state index in [1.807, 2.05) is 18.2 Å². The molecule has 1 fully saturated rings. The van der Waals surface area contributed by atoms with Crippen LogP contribution in [-0.2, 0) is 20.8 Å². The number of carbonyl (C=O) groups excluding carboxylic acids is 2. The Bertz CT molecular complexity index is 771. The minimum atomic E-state index is -0.728. The number of aryl methyl sites for hydroxylation is 1. The van der Waals surface area contributed by atoms with Gasteiger partial charge in [-0.05, 0) is 30.0 Å². The molecule has 2 heterocycles. The summed E-state index contributed by atoms with van der Waals surface area (Å²) in [6.07, 6.45) is 2.37. The molecule has 7 heteroatoms. The number of ether oxygens (including phenoxy) is 2. The van der Waals surface area contributed by atoms with Gasteiger partial charge in [0.05, 0.1) is 25.8 Å². The molecule has 1 aromatic heterocycles. The molecule has 1 aliphatic heterocycles. The molecule has 3 rings (SSSR count). The number of fused-ring (bicyclic) bond motifs is 1. The Morgan fingerprint density at radius 2 is 2.20 bits per heavy atom. The second kappa shape index (κ2) is 7.57. The minimum Gasteiger partial charge on any atom is -0.467 e. The van der Waals surface area contributed by atoms with E-state index < -0.39 is 12.1 Å². The molecule has 0 bridgehead atoms. The average molecular weight is 345 g/mol. The smallest absolute Gasteiger partial charge is 0.336 e. The van der Waals surface area contributed by atoms with Crippen LogP contribution in [0.15, 0.2) is 30.5 Å². The molecule has 2 aromatic rings. The normalized spacial score (nSPS) is 17.5. The number of rotatable bonds is 4. The average Bonchev–Trinajstić information content (AvgIpc) is 3.04. The van der Waals surface area contributed by atoms with Gasteiger partial charge in [0.2, 0.25) is 0 Å². The maximum absolute atomic E-state index is 12.5. The topological polar surface area (TPSA) is 72.8 Å². The molecule has 1 aromatic carbocycles. The number of methoxy groups -OCH3 is 1. The number of amides is 2. The van der Waals surface area contributed by atoms with Gasteiger partial charge in [-0.1, -0.05) is 13.0 Å². The molecule has 0 unspecified atom stereocenters. The highest BCUT2D eigenvalue weighted by molar-refractivity contribution is 5.93. The third-order valence-corrected chi connectivity index (χ3v) is 4.31. The van der Waals surface area contributed by atoms with Crippen LogP contribution in [0, 0.1) is 0 Å². The van der Waals surface area contributed by atoms with Gasteiger partial charge >= 0.3 is 12.0 Å². The number of nitrogens with zero attached hydrogens (tertiary/aromatic N) is 2. The third-order valence-electron chi connectivity index (χ3n) is 4.31. The van der Waals surface area contributed by atoms with Crippen molar-refractivity contribution in [2.45, 2.75) is 26.0 Å². The maximum Gasteiger partial charge on any atom is 0.336 e. The van der Waals surface area contributed by atoms with Crippen molar-refractivity contribution in [2.24, 2.45) is 0 Å². The Kier molecular flexibility index (Phi) is 5.23. The predicted octanol–water partition coefficient (Wildman–Crippen LogP) is 2.46. The summed E-state index contributed by atoms with van der Waals surface area (Å²) < 4.78 is 12.2. The Labute approximate surface area is 146 Å². The molecule has 1 atom stereocenters. The first-order valence-corrected chi connectivity index (χ1v) is 8.46. The van der Waals surface area contributed by atoms with Crippen LogP contribution < -0.4 is 5.32 Å².